The second-order valence-electron chi connectivity index (χ2n) is 8.64. The predicted octanol–water partition coefficient (Wildman–Crippen LogP) is 3.81. The van der Waals surface area contributed by atoms with Crippen LogP contribution < -0.4 is 4.90 Å². The fraction of sp³-hybridized carbons (Fsp3) is 0.667. The van der Waals surface area contributed by atoms with Gasteiger partial charge in [-0.1, -0.05) is 6.42 Å². The molecule has 2 aliphatic heterocycles. The highest BCUT2D eigenvalue weighted by atomic mass is 15.2. The van der Waals surface area contributed by atoms with E-state index in [-0.39, 0.29) is 0 Å². The number of benzene rings is 1. The first-order valence-corrected chi connectivity index (χ1v) is 10.1. The van der Waals surface area contributed by atoms with E-state index in [9.17, 15) is 0 Å². The monoisotopic (exact) mass is 338 g/mol. The third-order valence-electron chi connectivity index (χ3n) is 7.35. The van der Waals surface area contributed by atoms with Crippen LogP contribution in [-0.2, 0) is 7.05 Å². The number of nitrogens with zero attached hydrogens (tertiary/aromatic N) is 4. The molecule has 4 heteroatoms. The molecule has 1 aromatic heterocycles. The van der Waals surface area contributed by atoms with Crippen LogP contribution in [0.5, 0.6) is 0 Å². The predicted molar refractivity (Wildman–Crippen MR) is 103 cm³/mol. The van der Waals surface area contributed by atoms with Gasteiger partial charge in [0.15, 0.2) is 0 Å². The highest BCUT2D eigenvalue weighted by Gasteiger charge is 2.39. The lowest BCUT2D eigenvalue weighted by Crippen LogP contribution is -2.50. The van der Waals surface area contributed by atoms with Gasteiger partial charge in [0.2, 0.25) is 0 Å². The van der Waals surface area contributed by atoms with E-state index in [4.69, 9.17) is 0 Å². The van der Waals surface area contributed by atoms with E-state index >= 15 is 0 Å². The number of aryl methyl sites for hydroxylation is 1. The molecular formula is C21H30N4. The highest BCUT2D eigenvalue weighted by Crippen LogP contribution is 2.43. The average molecular weight is 338 g/mol. The number of anilines is 1. The molecule has 0 atom stereocenters. The Hall–Kier alpha value is -1.55. The van der Waals surface area contributed by atoms with Gasteiger partial charge in [-0.25, -0.2) is 4.98 Å². The molecular weight excluding hydrogens is 308 g/mol. The van der Waals surface area contributed by atoms with Crippen molar-refractivity contribution in [3.63, 3.8) is 0 Å². The lowest BCUT2D eigenvalue weighted by atomic mass is 9.70. The van der Waals surface area contributed by atoms with Crippen molar-refractivity contribution < 1.29 is 0 Å². The van der Waals surface area contributed by atoms with Crippen LogP contribution in [0, 0.1) is 5.41 Å². The summed E-state index contributed by atoms with van der Waals surface area (Å²) in [6.45, 7) is 5.12. The molecule has 25 heavy (non-hydrogen) atoms. The first-order chi connectivity index (χ1) is 12.2. The zero-order chi connectivity index (χ0) is 16.9. The van der Waals surface area contributed by atoms with Crippen LogP contribution in [0.2, 0.25) is 0 Å². The second-order valence-corrected chi connectivity index (χ2v) is 8.64. The van der Waals surface area contributed by atoms with E-state index in [0.29, 0.717) is 5.41 Å². The SMILES string of the molecule is Cn1cnc2cc(N3CCC4(CC3)CCN(C3CCC3)CC4)ccc21. The summed E-state index contributed by atoms with van der Waals surface area (Å²) in [5.74, 6) is 0. The summed E-state index contributed by atoms with van der Waals surface area (Å²) >= 11 is 0. The van der Waals surface area contributed by atoms with Gasteiger partial charge in [0.25, 0.3) is 0 Å². The van der Waals surface area contributed by atoms with Crippen LogP contribution in [0.15, 0.2) is 24.5 Å². The summed E-state index contributed by atoms with van der Waals surface area (Å²) < 4.78 is 2.10. The van der Waals surface area contributed by atoms with Crippen LogP contribution in [0.4, 0.5) is 5.69 Å². The van der Waals surface area contributed by atoms with Crippen LogP contribution in [0.25, 0.3) is 11.0 Å². The Morgan fingerprint density at radius 3 is 2.40 bits per heavy atom. The molecule has 0 N–H and O–H groups in total. The first kappa shape index (κ1) is 15.7. The molecule has 1 aromatic carbocycles. The Bertz CT molecular complexity index is 742. The topological polar surface area (TPSA) is 24.3 Å². The number of aromatic nitrogens is 2. The summed E-state index contributed by atoms with van der Waals surface area (Å²) in [6.07, 6.45) is 11.9. The molecule has 3 fully saturated rings. The number of rotatable bonds is 2. The second kappa shape index (κ2) is 6.01. The van der Waals surface area contributed by atoms with Gasteiger partial charge in [-0.2, -0.15) is 0 Å². The minimum atomic E-state index is 0.631. The van der Waals surface area contributed by atoms with E-state index in [0.717, 1.165) is 11.6 Å². The van der Waals surface area contributed by atoms with Crippen LogP contribution >= 0.6 is 0 Å². The molecule has 134 valence electrons. The number of hydrogen-bond donors (Lipinski definition) is 0. The van der Waals surface area contributed by atoms with Crippen molar-refractivity contribution in [2.45, 2.75) is 51.0 Å². The third-order valence-corrected chi connectivity index (χ3v) is 7.35. The zero-order valence-corrected chi connectivity index (χ0v) is 15.5. The van der Waals surface area contributed by atoms with Crippen molar-refractivity contribution in [2.24, 2.45) is 12.5 Å². The standard InChI is InChI=1S/C21H30N4/c1-23-16-22-19-15-18(5-6-20(19)23)25-13-9-21(10-14-25)7-11-24(12-8-21)17-3-2-4-17/h5-6,15-17H,2-4,7-14H2,1H3. The van der Waals surface area contributed by atoms with Gasteiger partial charge < -0.3 is 14.4 Å². The van der Waals surface area contributed by atoms with Crippen LogP contribution in [0.1, 0.15) is 44.9 Å². The molecule has 1 saturated carbocycles. The maximum atomic E-state index is 4.53. The summed E-state index contributed by atoms with van der Waals surface area (Å²) in [7, 11) is 2.07. The third kappa shape index (κ3) is 2.75. The molecule has 2 saturated heterocycles. The van der Waals surface area contributed by atoms with E-state index in [1.807, 2.05) is 6.33 Å². The normalized spacial score (nSPS) is 24.8. The molecule has 2 aromatic rings. The Kier molecular flexibility index (Phi) is 3.77. The molecule has 0 bridgehead atoms. The van der Waals surface area contributed by atoms with Gasteiger partial charge in [-0.3, -0.25) is 0 Å². The van der Waals surface area contributed by atoms with Gasteiger partial charge in [0.05, 0.1) is 17.4 Å². The van der Waals surface area contributed by atoms with Crippen LogP contribution in [0.3, 0.4) is 0 Å². The molecule has 3 aliphatic rings. The number of hydrogen-bond acceptors (Lipinski definition) is 3. The van der Waals surface area contributed by atoms with Crippen molar-refractivity contribution in [2.75, 3.05) is 31.1 Å². The molecule has 0 amide bonds. The van der Waals surface area contributed by atoms with Crippen molar-refractivity contribution >= 4 is 16.7 Å². The number of fused-ring (bicyclic) bond motifs is 1. The zero-order valence-electron chi connectivity index (χ0n) is 15.5. The molecule has 5 rings (SSSR count). The van der Waals surface area contributed by atoms with Gasteiger partial charge in [-0.05, 0) is 75.2 Å². The molecule has 4 nitrogen and oxygen atoms in total. The van der Waals surface area contributed by atoms with Gasteiger partial charge >= 0.3 is 0 Å². The minimum absolute atomic E-state index is 0.631. The minimum Gasteiger partial charge on any atom is -0.371 e. The van der Waals surface area contributed by atoms with Crippen molar-refractivity contribution in [3.8, 4) is 0 Å². The highest BCUT2D eigenvalue weighted by molar-refractivity contribution is 5.79. The van der Waals surface area contributed by atoms with Crippen molar-refractivity contribution in [3.05, 3.63) is 24.5 Å². The Labute approximate surface area is 150 Å². The summed E-state index contributed by atoms with van der Waals surface area (Å²) in [5, 5.41) is 0. The Balaban J connectivity index is 1.23. The summed E-state index contributed by atoms with van der Waals surface area (Å²) in [4.78, 5) is 9.90. The summed E-state index contributed by atoms with van der Waals surface area (Å²) in [6, 6.07) is 7.70. The first-order valence-electron chi connectivity index (χ1n) is 10.1. The van der Waals surface area contributed by atoms with Gasteiger partial charge in [0.1, 0.15) is 0 Å². The molecule has 1 aliphatic carbocycles. The number of likely N-dealkylation sites (tertiary alicyclic amines) is 1. The van der Waals surface area contributed by atoms with Gasteiger partial charge in [0, 0.05) is 31.9 Å². The van der Waals surface area contributed by atoms with Crippen LogP contribution in [-0.4, -0.2) is 46.7 Å². The average Bonchev–Trinajstić information content (AvgIpc) is 2.97. The molecule has 0 radical (unpaired) electrons. The van der Waals surface area contributed by atoms with E-state index in [1.165, 1.54) is 82.3 Å². The Morgan fingerprint density at radius 1 is 1.00 bits per heavy atom. The quantitative estimate of drug-likeness (QED) is 0.832. The maximum absolute atomic E-state index is 4.53. The lowest BCUT2D eigenvalue weighted by Gasteiger charge is -2.50. The molecule has 1 spiro atoms. The molecule has 0 unspecified atom stereocenters. The number of imidazole rings is 1. The fourth-order valence-corrected chi connectivity index (χ4v) is 5.18. The number of piperidine rings is 2. The van der Waals surface area contributed by atoms with Crippen molar-refractivity contribution in [1.82, 2.24) is 14.5 Å². The largest absolute Gasteiger partial charge is 0.371 e. The van der Waals surface area contributed by atoms with Crippen molar-refractivity contribution in [1.29, 1.82) is 0 Å². The molecule has 3 heterocycles. The Morgan fingerprint density at radius 2 is 1.72 bits per heavy atom. The van der Waals surface area contributed by atoms with Gasteiger partial charge in [-0.15, -0.1) is 0 Å². The van der Waals surface area contributed by atoms with E-state index in [2.05, 4.69) is 44.6 Å². The lowest BCUT2D eigenvalue weighted by molar-refractivity contribution is 0.0306. The smallest absolute Gasteiger partial charge is 0.0955 e. The van der Waals surface area contributed by atoms with E-state index in [1.54, 1.807) is 0 Å². The maximum Gasteiger partial charge on any atom is 0.0955 e. The summed E-state index contributed by atoms with van der Waals surface area (Å²) in [5.41, 5.74) is 4.33. The van der Waals surface area contributed by atoms with E-state index < -0.39 is 0 Å². The fourth-order valence-electron chi connectivity index (χ4n) is 5.18.